The van der Waals surface area contributed by atoms with Crippen molar-refractivity contribution in [1.82, 2.24) is 4.90 Å². The summed E-state index contributed by atoms with van der Waals surface area (Å²) in [6.45, 7) is 1.06. The van der Waals surface area contributed by atoms with Crippen LogP contribution in [0.2, 0.25) is 0 Å². The van der Waals surface area contributed by atoms with Gasteiger partial charge in [-0.05, 0) is 18.3 Å². The van der Waals surface area contributed by atoms with Gasteiger partial charge >= 0.3 is 5.97 Å². The minimum absolute atomic E-state index is 0.115. The highest BCUT2D eigenvalue weighted by molar-refractivity contribution is 5.78. The number of fused-ring (bicyclic) bond motifs is 1. The molecule has 1 saturated carbocycles. The maximum atomic E-state index is 10.7. The van der Waals surface area contributed by atoms with Crippen LogP contribution in [0.15, 0.2) is 0 Å². The van der Waals surface area contributed by atoms with E-state index in [0.717, 1.165) is 24.8 Å². The van der Waals surface area contributed by atoms with Crippen molar-refractivity contribution in [2.45, 2.75) is 37.8 Å². The predicted molar refractivity (Wildman–Crippen MR) is 47.4 cm³/mol. The second-order valence-electron chi connectivity index (χ2n) is 4.73. The number of carbonyl (C=O) groups is 1. The van der Waals surface area contributed by atoms with Crippen LogP contribution in [-0.2, 0) is 4.79 Å². The summed E-state index contributed by atoms with van der Waals surface area (Å²) in [6, 6.07) is 0.291. The van der Waals surface area contributed by atoms with Crippen LogP contribution in [-0.4, -0.2) is 34.6 Å². The summed E-state index contributed by atoms with van der Waals surface area (Å²) in [4.78, 5) is 12.9. The molecule has 1 aliphatic carbocycles. The standard InChI is InChI=1S/C10H15NO2/c12-10(13)9-8-4-7(5-11(8)9)6-2-1-3-6/h6-9H,1-5H2,(H,12,13). The van der Waals surface area contributed by atoms with Crippen LogP contribution in [0.25, 0.3) is 0 Å². The first-order valence-electron chi connectivity index (χ1n) is 5.26. The fourth-order valence-corrected chi connectivity index (χ4v) is 3.06. The predicted octanol–water partition coefficient (Wildman–Crippen LogP) is 0.944. The van der Waals surface area contributed by atoms with Crippen LogP contribution in [0.3, 0.4) is 0 Å². The van der Waals surface area contributed by atoms with Gasteiger partial charge in [-0.1, -0.05) is 19.3 Å². The topological polar surface area (TPSA) is 40.3 Å². The Balaban J connectivity index is 1.58. The zero-order chi connectivity index (χ0) is 9.00. The second-order valence-corrected chi connectivity index (χ2v) is 4.73. The molecule has 3 aliphatic rings. The summed E-state index contributed by atoms with van der Waals surface area (Å²) in [5.74, 6) is 1.15. The quantitative estimate of drug-likeness (QED) is 0.645. The maximum absolute atomic E-state index is 10.7. The molecule has 0 radical (unpaired) electrons. The largest absolute Gasteiger partial charge is 0.480 e. The molecular formula is C10H15NO2. The molecule has 4 atom stereocenters. The van der Waals surface area contributed by atoms with Gasteiger partial charge in [0.25, 0.3) is 0 Å². The second kappa shape index (κ2) is 2.47. The van der Waals surface area contributed by atoms with Gasteiger partial charge in [0.15, 0.2) is 0 Å². The van der Waals surface area contributed by atoms with Crippen molar-refractivity contribution in [1.29, 1.82) is 0 Å². The lowest BCUT2D eigenvalue weighted by Crippen LogP contribution is -2.28. The van der Waals surface area contributed by atoms with Gasteiger partial charge in [0.1, 0.15) is 6.04 Å². The molecule has 0 spiro atoms. The van der Waals surface area contributed by atoms with E-state index in [9.17, 15) is 4.79 Å². The van der Waals surface area contributed by atoms with Gasteiger partial charge in [-0.2, -0.15) is 0 Å². The average Bonchev–Trinajstić information content (AvgIpc) is 2.46. The van der Waals surface area contributed by atoms with Crippen LogP contribution >= 0.6 is 0 Å². The molecular weight excluding hydrogens is 166 g/mol. The zero-order valence-electron chi connectivity index (χ0n) is 7.65. The molecule has 3 fully saturated rings. The first-order valence-corrected chi connectivity index (χ1v) is 5.26. The number of nitrogens with zero attached hydrogens (tertiary/aromatic N) is 1. The van der Waals surface area contributed by atoms with E-state index in [1.165, 1.54) is 19.3 Å². The lowest BCUT2D eigenvalue weighted by molar-refractivity contribution is -0.137. The van der Waals surface area contributed by atoms with Crippen molar-refractivity contribution in [3.8, 4) is 0 Å². The van der Waals surface area contributed by atoms with Crippen molar-refractivity contribution in [3.63, 3.8) is 0 Å². The number of carboxylic acids is 1. The third-order valence-electron chi connectivity index (χ3n) is 4.12. The van der Waals surface area contributed by atoms with Gasteiger partial charge in [0.05, 0.1) is 0 Å². The monoisotopic (exact) mass is 181 g/mol. The van der Waals surface area contributed by atoms with E-state index in [-0.39, 0.29) is 6.04 Å². The van der Waals surface area contributed by atoms with Crippen LogP contribution in [0.1, 0.15) is 25.7 Å². The van der Waals surface area contributed by atoms with E-state index in [1.54, 1.807) is 0 Å². The Morgan fingerprint density at radius 3 is 2.46 bits per heavy atom. The van der Waals surface area contributed by atoms with E-state index in [1.807, 2.05) is 0 Å². The van der Waals surface area contributed by atoms with Crippen molar-refractivity contribution in [2.75, 3.05) is 6.54 Å². The molecule has 0 amide bonds. The van der Waals surface area contributed by atoms with E-state index in [4.69, 9.17) is 5.11 Å². The normalized spacial score (nSPS) is 48.3. The van der Waals surface area contributed by atoms with Crippen molar-refractivity contribution < 1.29 is 9.90 Å². The molecule has 3 rings (SSSR count). The third kappa shape index (κ3) is 1.03. The highest BCUT2D eigenvalue weighted by Gasteiger charge is 2.59. The van der Waals surface area contributed by atoms with Gasteiger partial charge in [0.2, 0.25) is 0 Å². The average molecular weight is 181 g/mol. The highest BCUT2D eigenvalue weighted by atomic mass is 16.4. The molecule has 1 N–H and O–H groups in total. The number of rotatable bonds is 2. The smallest absolute Gasteiger partial charge is 0.322 e. The van der Waals surface area contributed by atoms with E-state index >= 15 is 0 Å². The molecule has 2 aliphatic heterocycles. The van der Waals surface area contributed by atoms with Crippen molar-refractivity contribution in [2.24, 2.45) is 11.8 Å². The Morgan fingerprint density at radius 1 is 1.31 bits per heavy atom. The summed E-state index contributed by atoms with van der Waals surface area (Å²) >= 11 is 0. The summed E-state index contributed by atoms with van der Waals surface area (Å²) in [7, 11) is 0. The molecule has 13 heavy (non-hydrogen) atoms. The molecule has 2 heterocycles. The van der Waals surface area contributed by atoms with Gasteiger partial charge in [-0.15, -0.1) is 0 Å². The highest BCUT2D eigenvalue weighted by Crippen LogP contribution is 2.48. The van der Waals surface area contributed by atoms with E-state index in [2.05, 4.69) is 4.90 Å². The molecule has 0 aromatic carbocycles. The molecule has 0 aromatic heterocycles. The third-order valence-corrected chi connectivity index (χ3v) is 4.12. The Kier molecular flexibility index (Phi) is 1.48. The molecule has 0 aromatic rings. The fourth-order valence-electron chi connectivity index (χ4n) is 3.06. The summed E-state index contributed by atoms with van der Waals surface area (Å²) < 4.78 is 0. The van der Waals surface area contributed by atoms with E-state index < -0.39 is 5.97 Å². The maximum Gasteiger partial charge on any atom is 0.322 e. The lowest BCUT2D eigenvalue weighted by atomic mass is 9.74. The molecule has 4 unspecified atom stereocenters. The molecule has 3 nitrogen and oxygen atoms in total. The lowest BCUT2D eigenvalue weighted by Gasteiger charge is -2.32. The molecule has 3 heteroatoms. The number of carboxylic acid groups (broad SMARTS) is 1. The van der Waals surface area contributed by atoms with Crippen molar-refractivity contribution >= 4 is 5.97 Å². The fraction of sp³-hybridized carbons (Fsp3) is 0.900. The number of hydrogen-bond donors (Lipinski definition) is 1. The first-order chi connectivity index (χ1) is 6.27. The number of hydrogen-bond acceptors (Lipinski definition) is 2. The van der Waals surface area contributed by atoms with Crippen LogP contribution in [0.4, 0.5) is 0 Å². The minimum atomic E-state index is -0.614. The zero-order valence-corrected chi connectivity index (χ0v) is 7.65. The Morgan fingerprint density at radius 2 is 2.08 bits per heavy atom. The summed E-state index contributed by atoms with van der Waals surface area (Å²) in [5, 5.41) is 8.81. The van der Waals surface area contributed by atoms with Gasteiger partial charge in [-0.3, -0.25) is 9.69 Å². The van der Waals surface area contributed by atoms with Crippen LogP contribution in [0.5, 0.6) is 0 Å². The van der Waals surface area contributed by atoms with Crippen LogP contribution in [0, 0.1) is 11.8 Å². The Hall–Kier alpha value is -0.570. The number of piperidine rings is 1. The Bertz CT molecular complexity index is 237. The molecule has 72 valence electrons. The van der Waals surface area contributed by atoms with E-state index in [0.29, 0.717) is 6.04 Å². The molecule has 0 bridgehead atoms. The van der Waals surface area contributed by atoms with Gasteiger partial charge in [-0.25, -0.2) is 0 Å². The van der Waals surface area contributed by atoms with Gasteiger partial charge < -0.3 is 5.11 Å². The molecule has 2 saturated heterocycles. The van der Waals surface area contributed by atoms with Crippen molar-refractivity contribution in [3.05, 3.63) is 0 Å². The SMILES string of the molecule is O=C(O)C1C2CC(C3CCC3)CN21. The summed E-state index contributed by atoms with van der Waals surface area (Å²) in [6.07, 6.45) is 5.34. The Labute approximate surface area is 77.7 Å². The summed E-state index contributed by atoms with van der Waals surface area (Å²) in [5.41, 5.74) is 0. The first kappa shape index (κ1) is 7.80. The minimum Gasteiger partial charge on any atom is -0.480 e. The number of aliphatic carboxylic acids is 1. The van der Waals surface area contributed by atoms with Gasteiger partial charge in [0, 0.05) is 12.6 Å². The van der Waals surface area contributed by atoms with Crippen LogP contribution < -0.4 is 0 Å².